The van der Waals surface area contributed by atoms with Gasteiger partial charge in [0.25, 0.3) is 0 Å². The molecule has 0 aliphatic rings. The molecule has 2 rings (SSSR count). The van der Waals surface area contributed by atoms with Crippen LogP contribution >= 0.6 is 23.2 Å². The maximum Gasteiger partial charge on any atom is 0.242 e. The molecule has 2 aromatic carbocycles. The van der Waals surface area contributed by atoms with Gasteiger partial charge in [0.15, 0.2) is 0 Å². The number of hydrogen-bond acceptors (Lipinski definition) is 3. The lowest BCUT2D eigenvalue weighted by molar-refractivity contribution is -0.118. The minimum Gasteiger partial charge on any atom is -0.325 e. The van der Waals surface area contributed by atoms with Gasteiger partial charge in [-0.25, -0.2) is 8.42 Å². The minimum atomic E-state index is -3.86. The number of halogens is 2. The van der Waals surface area contributed by atoms with E-state index in [0.717, 1.165) is 0 Å². The third-order valence-electron chi connectivity index (χ3n) is 3.45. The number of carbonyl (C=O) groups is 1. The van der Waals surface area contributed by atoms with E-state index in [2.05, 4.69) is 10.0 Å². The van der Waals surface area contributed by atoms with E-state index < -0.39 is 22.0 Å². The fourth-order valence-corrected chi connectivity index (χ4v) is 3.79. The average Bonchev–Trinajstić information content (AvgIpc) is 2.52. The number of carbonyl (C=O) groups excluding carboxylic acids is 1. The summed E-state index contributed by atoms with van der Waals surface area (Å²) in [5.74, 6) is -0.726. The van der Waals surface area contributed by atoms with E-state index in [-0.39, 0.29) is 10.8 Å². The lowest BCUT2D eigenvalue weighted by Gasteiger charge is -2.21. The summed E-state index contributed by atoms with van der Waals surface area (Å²) < 4.78 is 27.5. The summed E-state index contributed by atoms with van der Waals surface area (Å²) in [4.78, 5) is 12.6. The van der Waals surface area contributed by atoms with E-state index in [1.807, 2.05) is 0 Å². The standard InChI is InChI=1S/C17H18Cl2N2O3S/c1-11(2)16(17(22)20-14-5-3-4-13(19)10-14)21-25(23,24)15-8-6-12(18)7-9-15/h3-11,16,21H,1-2H3,(H,20,22)/t16-/m1/s1. The average molecular weight is 401 g/mol. The number of rotatable bonds is 6. The predicted molar refractivity (Wildman–Crippen MR) is 100 cm³/mol. The first-order valence-electron chi connectivity index (χ1n) is 7.53. The van der Waals surface area contributed by atoms with Gasteiger partial charge < -0.3 is 5.32 Å². The molecule has 0 radical (unpaired) electrons. The largest absolute Gasteiger partial charge is 0.325 e. The molecule has 1 atom stereocenters. The second-order valence-electron chi connectivity index (χ2n) is 5.80. The van der Waals surface area contributed by atoms with Crippen molar-refractivity contribution in [2.24, 2.45) is 5.92 Å². The molecule has 2 N–H and O–H groups in total. The van der Waals surface area contributed by atoms with Crippen LogP contribution in [0.5, 0.6) is 0 Å². The number of anilines is 1. The molecule has 0 bridgehead atoms. The number of hydrogen-bond donors (Lipinski definition) is 2. The van der Waals surface area contributed by atoms with E-state index in [1.165, 1.54) is 24.3 Å². The Balaban J connectivity index is 2.19. The first-order chi connectivity index (χ1) is 11.7. The molecule has 0 heterocycles. The van der Waals surface area contributed by atoms with Gasteiger partial charge in [-0.15, -0.1) is 0 Å². The van der Waals surface area contributed by atoms with Crippen molar-refractivity contribution in [3.8, 4) is 0 Å². The molecule has 0 saturated carbocycles. The van der Waals surface area contributed by atoms with E-state index in [4.69, 9.17) is 23.2 Å². The zero-order valence-corrected chi connectivity index (χ0v) is 16.0. The number of amides is 1. The van der Waals surface area contributed by atoms with E-state index in [1.54, 1.807) is 38.1 Å². The Bertz CT molecular complexity index is 852. The quantitative estimate of drug-likeness (QED) is 0.770. The van der Waals surface area contributed by atoms with Crippen LogP contribution < -0.4 is 10.0 Å². The smallest absolute Gasteiger partial charge is 0.242 e. The second kappa shape index (κ2) is 8.19. The van der Waals surface area contributed by atoms with Crippen LogP contribution in [0.1, 0.15) is 13.8 Å². The molecule has 0 aliphatic carbocycles. The SMILES string of the molecule is CC(C)[C@@H](NS(=O)(=O)c1ccc(Cl)cc1)C(=O)Nc1cccc(Cl)c1. The summed E-state index contributed by atoms with van der Waals surface area (Å²) in [5, 5.41) is 3.58. The molecule has 0 aliphatic heterocycles. The first kappa shape index (κ1) is 19.7. The first-order valence-corrected chi connectivity index (χ1v) is 9.77. The highest BCUT2D eigenvalue weighted by atomic mass is 35.5. The Morgan fingerprint density at radius 2 is 1.64 bits per heavy atom. The molecule has 134 valence electrons. The molecule has 0 fully saturated rings. The molecular weight excluding hydrogens is 383 g/mol. The van der Waals surface area contributed by atoms with Gasteiger partial charge >= 0.3 is 0 Å². The van der Waals surface area contributed by atoms with Crippen molar-refractivity contribution in [1.82, 2.24) is 4.72 Å². The van der Waals surface area contributed by atoms with Crippen molar-refractivity contribution >= 4 is 44.8 Å². The van der Waals surface area contributed by atoms with Gasteiger partial charge in [0.1, 0.15) is 6.04 Å². The summed E-state index contributed by atoms with van der Waals surface area (Å²) in [6, 6.07) is 11.4. The Kier molecular flexibility index (Phi) is 6.46. The zero-order valence-electron chi connectivity index (χ0n) is 13.7. The van der Waals surface area contributed by atoms with Crippen LogP contribution in [-0.4, -0.2) is 20.4 Å². The van der Waals surface area contributed by atoms with E-state index in [0.29, 0.717) is 15.7 Å². The summed E-state index contributed by atoms with van der Waals surface area (Å²) in [5.41, 5.74) is 0.494. The van der Waals surface area contributed by atoms with Crippen molar-refractivity contribution in [2.45, 2.75) is 24.8 Å². The summed E-state index contributed by atoms with van der Waals surface area (Å²) in [7, 11) is -3.86. The highest BCUT2D eigenvalue weighted by Crippen LogP contribution is 2.18. The minimum absolute atomic E-state index is 0.0399. The number of nitrogens with one attached hydrogen (secondary N) is 2. The predicted octanol–water partition coefficient (Wildman–Crippen LogP) is 3.94. The lowest BCUT2D eigenvalue weighted by Crippen LogP contribution is -2.47. The maximum absolute atomic E-state index is 12.5. The van der Waals surface area contributed by atoms with E-state index in [9.17, 15) is 13.2 Å². The zero-order chi connectivity index (χ0) is 18.6. The molecule has 2 aromatic rings. The Hall–Kier alpha value is -1.60. The second-order valence-corrected chi connectivity index (χ2v) is 8.38. The van der Waals surface area contributed by atoms with Crippen LogP contribution in [0.25, 0.3) is 0 Å². The topological polar surface area (TPSA) is 75.3 Å². The van der Waals surface area contributed by atoms with Crippen LogP contribution in [0, 0.1) is 5.92 Å². The van der Waals surface area contributed by atoms with Crippen LogP contribution in [0.15, 0.2) is 53.4 Å². The molecule has 0 spiro atoms. The molecule has 8 heteroatoms. The molecular formula is C17H18Cl2N2O3S. The van der Waals surface area contributed by atoms with Gasteiger partial charge in [-0.3, -0.25) is 4.79 Å². The van der Waals surface area contributed by atoms with Crippen molar-refractivity contribution in [3.63, 3.8) is 0 Å². The number of sulfonamides is 1. The van der Waals surface area contributed by atoms with Crippen molar-refractivity contribution in [2.75, 3.05) is 5.32 Å². The summed E-state index contributed by atoms with van der Waals surface area (Å²) in [6.07, 6.45) is 0. The normalized spacial score (nSPS) is 12.8. The molecule has 0 saturated heterocycles. The van der Waals surface area contributed by atoms with Crippen molar-refractivity contribution in [1.29, 1.82) is 0 Å². The highest BCUT2D eigenvalue weighted by molar-refractivity contribution is 7.89. The van der Waals surface area contributed by atoms with Gasteiger partial charge in [0, 0.05) is 15.7 Å². The summed E-state index contributed by atoms with van der Waals surface area (Å²) >= 11 is 11.7. The molecule has 1 amide bonds. The van der Waals surface area contributed by atoms with Gasteiger partial charge in [-0.05, 0) is 48.4 Å². The summed E-state index contributed by atoms with van der Waals surface area (Å²) in [6.45, 7) is 3.51. The third kappa shape index (κ3) is 5.44. The molecule has 5 nitrogen and oxygen atoms in total. The van der Waals surface area contributed by atoms with E-state index >= 15 is 0 Å². The Morgan fingerprint density at radius 1 is 1.00 bits per heavy atom. The van der Waals surface area contributed by atoms with Crippen LogP contribution in [0.2, 0.25) is 10.0 Å². The molecule has 0 unspecified atom stereocenters. The number of benzene rings is 2. The van der Waals surface area contributed by atoms with Crippen molar-refractivity contribution < 1.29 is 13.2 Å². The lowest BCUT2D eigenvalue weighted by atomic mass is 10.0. The maximum atomic E-state index is 12.5. The van der Waals surface area contributed by atoms with Gasteiger partial charge in [-0.1, -0.05) is 43.1 Å². The van der Waals surface area contributed by atoms with Crippen LogP contribution in [0.4, 0.5) is 5.69 Å². The highest BCUT2D eigenvalue weighted by Gasteiger charge is 2.28. The van der Waals surface area contributed by atoms with Gasteiger partial charge in [-0.2, -0.15) is 4.72 Å². The fraction of sp³-hybridized carbons (Fsp3) is 0.235. The third-order valence-corrected chi connectivity index (χ3v) is 5.39. The van der Waals surface area contributed by atoms with Crippen LogP contribution in [0.3, 0.4) is 0 Å². The molecule has 0 aromatic heterocycles. The van der Waals surface area contributed by atoms with Gasteiger partial charge in [0.05, 0.1) is 4.90 Å². The van der Waals surface area contributed by atoms with Crippen LogP contribution in [-0.2, 0) is 14.8 Å². The Labute approximate surface area is 157 Å². The monoisotopic (exact) mass is 400 g/mol. The Morgan fingerprint density at radius 3 is 2.20 bits per heavy atom. The van der Waals surface area contributed by atoms with Crippen molar-refractivity contribution in [3.05, 3.63) is 58.6 Å². The molecule has 25 heavy (non-hydrogen) atoms. The van der Waals surface area contributed by atoms with Gasteiger partial charge in [0.2, 0.25) is 15.9 Å². The fourth-order valence-electron chi connectivity index (χ4n) is 2.13.